The van der Waals surface area contributed by atoms with Crippen LogP contribution in [0.2, 0.25) is 0 Å². The Bertz CT molecular complexity index is 1400. The van der Waals surface area contributed by atoms with Gasteiger partial charge in [0.15, 0.2) is 0 Å². The van der Waals surface area contributed by atoms with Gasteiger partial charge < -0.3 is 0 Å². The first-order valence-corrected chi connectivity index (χ1v) is 13.6. The SMILES string of the molecule is CC(C)(C)[c-]1cccc1.[Zr+2]=[C](c1ccccc1)c1ccccc1.c1ccc2c(c1)[cH-]c1ccccc12. The first-order chi connectivity index (χ1) is 17.4. The number of rotatable bonds is 2. The quantitative estimate of drug-likeness (QED) is 0.191. The Labute approximate surface area is 230 Å². The van der Waals surface area contributed by atoms with Crippen LogP contribution in [-0.4, -0.2) is 3.21 Å². The van der Waals surface area contributed by atoms with Gasteiger partial charge >= 0.3 is 99.2 Å². The van der Waals surface area contributed by atoms with E-state index in [-0.39, 0.29) is 0 Å². The van der Waals surface area contributed by atoms with E-state index in [0.717, 1.165) is 0 Å². The molecule has 0 unspecified atom stereocenters. The summed E-state index contributed by atoms with van der Waals surface area (Å²) in [6.07, 6.45) is 0. The second-order valence-corrected chi connectivity index (χ2v) is 11.1. The molecule has 0 aliphatic rings. The van der Waals surface area contributed by atoms with Gasteiger partial charge in [-0.05, 0) is 0 Å². The number of fused-ring (bicyclic) bond motifs is 3. The first kappa shape index (κ1) is 25.9. The zero-order valence-electron chi connectivity index (χ0n) is 21.3. The van der Waals surface area contributed by atoms with Crippen LogP contribution in [0.25, 0.3) is 21.5 Å². The fourth-order valence-corrected chi connectivity index (χ4v) is 4.97. The summed E-state index contributed by atoms with van der Waals surface area (Å²) in [5, 5.41) is 5.39. The average molecular weight is 544 g/mol. The van der Waals surface area contributed by atoms with Crippen molar-refractivity contribution in [1.82, 2.24) is 0 Å². The summed E-state index contributed by atoms with van der Waals surface area (Å²) < 4.78 is 1.42. The minimum absolute atomic E-state index is 0.323. The minimum atomic E-state index is 0.323. The first-order valence-electron chi connectivity index (χ1n) is 12.4. The van der Waals surface area contributed by atoms with Crippen molar-refractivity contribution < 1.29 is 24.2 Å². The predicted molar refractivity (Wildman–Crippen MR) is 154 cm³/mol. The van der Waals surface area contributed by atoms with E-state index in [0.29, 0.717) is 5.41 Å². The van der Waals surface area contributed by atoms with Crippen LogP contribution >= 0.6 is 0 Å². The molecule has 6 aromatic rings. The summed E-state index contributed by atoms with van der Waals surface area (Å²) >= 11 is 1.46. The maximum atomic E-state index is 2.24. The molecular formula is C35H32Zr. The van der Waals surface area contributed by atoms with Crippen molar-refractivity contribution in [2.24, 2.45) is 0 Å². The van der Waals surface area contributed by atoms with Crippen LogP contribution < -0.4 is 0 Å². The Hall–Kier alpha value is -3.15. The van der Waals surface area contributed by atoms with Crippen LogP contribution in [0.5, 0.6) is 0 Å². The maximum Gasteiger partial charge on any atom is -0.0771 e. The summed E-state index contributed by atoms with van der Waals surface area (Å²) in [5.74, 6) is 0. The summed E-state index contributed by atoms with van der Waals surface area (Å²) in [7, 11) is 0. The van der Waals surface area contributed by atoms with Gasteiger partial charge in [0.25, 0.3) is 0 Å². The van der Waals surface area contributed by atoms with Crippen LogP contribution in [-0.2, 0) is 29.7 Å². The second kappa shape index (κ2) is 12.2. The summed E-state index contributed by atoms with van der Waals surface area (Å²) in [5.41, 5.74) is 4.40. The van der Waals surface area contributed by atoms with Crippen molar-refractivity contribution in [3.8, 4) is 0 Å². The van der Waals surface area contributed by atoms with Gasteiger partial charge in [0.2, 0.25) is 0 Å². The van der Waals surface area contributed by atoms with Crippen molar-refractivity contribution in [2.75, 3.05) is 0 Å². The summed E-state index contributed by atoms with van der Waals surface area (Å²) in [6.45, 7) is 6.67. The molecule has 0 spiro atoms. The van der Waals surface area contributed by atoms with Crippen molar-refractivity contribution >= 4 is 24.8 Å². The van der Waals surface area contributed by atoms with Crippen molar-refractivity contribution in [1.29, 1.82) is 0 Å². The third-order valence-electron chi connectivity index (χ3n) is 6.18. The number of hydrogen-bond donors (Lipinski definition) is 0. The standard InChI is InChI=1S/C13H9.C13H10.C9H13.Zr/c1-3-7-12-10(5-1)9-11-6-2-4-8-13(11)12;1-3-7-12(8-4-1)11-13-9-5-2-6-10-13;1-9(2,3)8-6-4-5-7-8;/h1-9H;1-10H;4-7H,1-3H3;/q-1;;-1;+2. The van der Waals surface area contributed by atoms with E-state index in [9.17, 15) is 0 Å². The van der Waals surface area contributed by atoms with Crippen LogP contribution in [0.4, 0.5) is 0 Å². The molecule has 6 aromatic carbocycles. The average Bonchev–Trinajstić information content (AvgIpc) is 3.59. The van der Waals surface area contributed by atoms with Crippen LogP contribution in [0, 0.1) is 0 Å². The molecular weight excluding hydrogens is 512 g/mol. The molecule has 0 saturated carbocycles. The van der Waals surface area contributed by atoms with Crippen molar-refractivity contribution in [3.63, 3.8) is 0 Å². The van der Waals surface area contributed by atoms with Crippen molar-refractivity contribution in [3.05, 3.63) is 156 Å². The van der Waals surface area contributed by atoms with E-state index in [1.165, 1.54) is 65.7 Å². The molecule has 0 fully saturated rings. The summed E-state index contributed by atoms with van der Waals surface area (Å²) in [6, 6.07) is 48.9. The maximum absolute atomic E-state index is 2.24. The third-order valence-corrected chi connectivity index (χ3v) is 7.60. The Kier molecular flexibility index (Phi) is 8.79. The summed E-state index contributed by atoms with van der Waals surface area (Å²) in [4.78, 5) is 0. The van der Waals surface area contributed by atoms with Gasteiger partial charge in [-0.3, -0.25) is 0 Å². The third kappa shape index (κ3) is 6.74. The van der Waals surface area contributed by atoms with Crippen molar-refractivity contribution in [2.45, 2.75) is 26.2 Å². The molecule has 6 rings (SSSR count). The van der Waals surface area contributed by atoms with Gasteiger partial charge in [-0.15, -0.1) is 39.7 Å². The van der Waals surface area contributed by atoms with E-state index < -0.39 is 0 Å². The van der Waals surface area contributed by atoms with Crippen LogP contribution in [0.1, 0.15) is 37.5 Å². The second-order valence-electron chi connectivity index (χ2n) is 9.85. The van der Waals surface area contributed by atoms with E-state index in [4.69, 9.17) is 0 Å². The molecule has 0 aliphatic carbocycles. The predicted octanol–water partition coefficient (Wildman–Crippen LogP) is 9.22. The molecule has 36 heavy (non-hydrogen) atoms. The molecule has 0 aromatic heterocycles. The monoisotopic (exact) mass is 542 g/mol. The topological polar surface area (TPSA) is 0 Å². The number of hydrogen-bond acceptors (Lipinski definition) is 0. The largest absolute Gasteiger partial charge is 0.126 e. The Balaban J connectivity index is 0.000000130. The van der Waals surface area contributed by atoms with Gasteiger partial charge in [-0.2, -0.15) is 17.7 Å². The molecule has 0 heterocycles. The molecule has 0 bridgehead atoms. The van der Waals surface area contributed by atoms with E-state index in [1.54, 1.807) is 0 Å². The van der Waals surface area contributed by atoms with Crippen LogP contribution in [0.15, 0.2) is 140 Å². The van der Waals surface area contributed by atoms with Gasteiger partial charge in [0, 0.05) is 0 Å². The zero-order valence-corrected chi connectivity index (χ0v) is 23.7. The molecule has 176 valence electrons. The van der Waals surface area contributed by atoms with Gasteiger partial charge in [0.05, 0.1) is 0 Å². The van der Waals surface area contributed by atoms with Gasteiger partial charge in [-0.25, -0.2) is 12.1 Å². The van der Waals surface area contributed by atoms with E-state index in [1.807, 2.05) is 0 Å². The molecule has 0 atom stereocenters. The zero-order chi connectivity index (χ0) is 25.4. The molecule has 0 nitrogen and oxygen atoms in total. The fraction of sp³-hybridized carbons (Fsp3) is 0.114. The molecule has 0 N–H and O–H groups in total. The molecule has 0 saturated heterocycles. The van der Waals surface area contributed by atoms with E-state index >= 15 is 0 Å². The Morgan fingerprint density at radius 2 is 0.944 bits per heavy atom. The molecule has 0 amide bonds. The molecule has 0 radical (unpaired) electrons. The van der Waals surface area contributed by atoms with E-state index in [2.05, 4.69) is 160 Å². The fourth-order valence-electron chi connectivity index (χ4n) is 4.15. The normalized spacial score (nSPS) is 10.8. The Morgan fingerprint density at radius 3 is 1.33 bits per heavy atom. The van der Waals surface area contributed by atoms with Gasteiger partial charge in [0.1, 0.15) is 0 Å². The van der Waals surface area contributed by atoms with Gasteiger partial charge in [-0.1, -0.05) is 62.6 Å². The number of benzene rings is 4. The minimum Gasteiger partial charge on any atom is -0.126 e. The molecule has 1 heteroatoms. The molecule has 0 aliphatic heterocycles. The Morgan fingerprint density at radius 1 is 0.556 bits per heavy atom. The smallest absolute Gasteiger partial charge is 0.0771 e. The van der Waals surface area contributed by atoms with Crippen LogP contribution in [0.3, 0.4) is 0 Å².